The van der Waals surface area contributed by atoms with E-state index in [-0.39, 0.29) is 17.2 Å². The molecule has 2 N–H and O–H groups in total. The summed E-state index contributed by atoms with van der Waals surface area (Å²) >= 11 is 0. The molecule has 0 spiro atoms. The second-order valence-corrected chi connectivity index (χ2v) is 4.06. The van der Waals surface area contributed by atoms with E-state index in [1.807, 2.05) is 0 Å². The molecular formula is C11H13F3N4. The van der Waals surface area contributed by atoms with Crippen LogP contribution in [0.25, 0.3) is 0 Å². The van der Waals surface area contributed by atoms with Crippen LogP contribution in [0.3, 0.4) is 0 Å². The molecule has 1 rings (SSSR count). The van der Waals surface area contributed by atoms with Crippen LogP contribution in [0.2, 0.25) is 0 Å². The number of anilines is 2. The van der Waals surface area contributed by atoms with Gasteiger partial charge in [-0.15, -0.1) is 0 Å². The highest BCUT2D eigenvalue weighted by Gasteiger charge is 2.32. The Labute approximate surface area is 103 Å². The SMILES string of the molecule is CC(C)N(CC(F)(F)F)c1ccc(N)c(C#N)n1. The Bertz CT molecular complexity index is 462. The topological polar surface area (TPSA) is 65.9 Å². The molecule has 0 atom stereocenters. The van der Waals surface area contributed by atoms with Gasteiger partial charge >= 0.3 is 6.18 Å². The van der Waals surface area contributed by atoms with Crippen LogP contribution in [0.5, 0.6) is 0 Å². The normalized spacial score (nSPS) is 11.4. The second-order valence-electron chi connectivity index (χ2n) is 4.06. The maximum absolute atomic E-state index is 12.5. The fourth-order valence-corrected chi connectivity index (χ4v) is 1.43. The van der Waals surface area contributed by atoms with Crippen molar-refractivity contribution in [3.63, 3.8) is 0 Å². The Kier molecular flexibility index (Phi) is 4.01. The molecule has 0 aromatic carbocycles. The van der Waals surface area contributed by atoms with Crippen LogP contribution in [0.4, 0.5) is 24.7 Å². The van der Waals surface area contributed by atoms with Gasteiger partial charge in [-0.1, -0.05) is 0 Å². The quantitative estimate of drug-likeness (QED) is 0.903. The summed E-state index contributed by atoms with van der Waals surface area (Å²) in [6, 6.07) is 4.11. The van der Waals surface area contributed by atoms with Crippen molar-refractivity contribution >= 4 is 11.5 Å². The van der Waals surface area contributed by atoms with Crippen molar-refractivity contribution < 1.29 is 13.2 Å². The molecule has 0 saturated carbocycles. The minimum atomic E-state index is -4.33. The molecule has 0 aliphatic carbocycles. The highest BCUT2D eigenvalue weighted by atomic mass is 19.4. The van der Waals surface area contributed by atoms with Gasteiger partial charge in [0.25, 0.3) is 0 Å². The summed E-state index contributed by atoms with van der Waals surface area (Å²) in [4.78, 5) is 4.91. The maximum Gasteiger partial charge on any atom is 0.405 e. The lowest BCUT2D eigenvalue weighted by Crippen LogP contribution is -2.39. The summed E-state index contributed by atoms with van der Waals surface area (Å²) in [6.07, 6.45) is -4.33. The highest BCUT2D eigenvalue weighted by Crippen LogP contribution is 2.24. The van der Waals surface area contributed by atoms with Gasteiger partial charge in [0.05, 0.1) is 5.69 Å². The van der Waals surface area contributed by atoms with Gasteiger partial charge in [0.15, 0.2) is 5.69 Å². The summed E-state index contributed by atoms with van der Waals surface area (Å²) < 4.78 is 37.4. The smallest absolute Gasteiger partial charge is 0.396 e. The summed E-state index contributed by atoms with van der Waals surface area (Å²) in [5.74, 6) is 0.0908. The van der Waals surface area contributed by atoms with E-state index in [9.17, 15) is 13.2 Å². The van der Waals surface area contributed by atoms with Gasteiger partial charge in [-0.05, 0) is 26.0 Å². The number of nitrogens with two attached hydrogens (primary N) is 1. The first kappa shape index (κ1) is 14.1. The first-order chi connectivity index (χ1) is 8.24. The molecule has 1 aromatic rings. The van der Waals surface area contributed by atoms with E-state index < -0.39 is 18.8 Å². The van der Waals surface area contributed by atoms with Crippen molar-refractivity contribution in [1.82, 2.24) is 4.98 Å². The molecule has 4 nitrogen and oxygen atoms in total. The van der Waals surface area contributed by atoms with Crippen LogP contribution in [0.15, 0.2) is 12.1 Å². The molecule has 0 aliphatic rings. The van der Waals surface area contributed by atoms with E-state index in [0.717, 1.165) is 4.90 Å². The second kappa shape index (κ2) is 5.12. The molecule has 18 heavy (non-hydrogen) atoms. The van der Waals surface area contributed by atoms with Crippen molar-refractivity contribution in [2.24, 2.45) is 0 Å². The molecule has 0 bridgehead atoms. The number of rotatable bonds is 3. The number of nitrogen functional groups attached to an aromatic ring is 1. The van der Waals surface area contributed by atoms with Crippen molar-refractivity contribution in [1.29, 1.82) is 5.26 Å². The van der Waals surface area contributed by atoms with Crippen LogP contribution in [-0.2, 0) is 0 Å². The third-order valence-corrected chi connectivity index (χ3v) is 2.28. The number of hydrogen-bond donors (Lipinski definition) is 1. The van der Waals surface area contributed by atoms with E-state index in [1.165, 1.54) is 12.1 Å². The summed E-state index contributed by atoms with van der Waals surface area (Å²) in [5.41, 5.74) is 5.56. The zero-order chi connectivity index (χ0) is 13.9. The van der Waals surface area contributed by atoms with Crippen molar-refractivity contribution in [3.8, 4) is 6.07 Å². The van der Waals surface area contributed by atoms with Gasteiger partial charge in [0, 0.05) is 6.04 Å². The van der Waals surface area contributed by atoms with Crippen LogP contribution >= 0.6 is 0 Å². The minimum Gasteiger partial charge on any atom is -0.396 e. The van der Waals surface area contributed by atoms with Crippen molar-refractivity contribution in [2.75, 3.05) is 17.2 Å². The van der Waals surface area contributed by atoms with Gasteiger partial charge in [-0.25, -0.2) is 4.98 Å². The summed E-state index contributed by atoms with van der Waals surface area (Å²) in [7, 11) is 0. The Morgan fingerprint density at radius 3 is 2.50 bits per heavy atom. The number of hydrogen-bond acceptors (Lipinski definition) is 4. The lowest BCUT2D eigenvalue weighted by Gasteiger charge is -2.28. The third-order valence-electron chi connectivity index (χ3n) is 2.28. The van der Waals surface area contributed by atoms with E-state index in [1.54, 1.807) is 19.9 Å². The molecule has 98 valence electrons. The predicted molar refractivity (Wildman–Crippen MR) is 61.9 cm³/mol. The molecule has 0 fully saturated rings. The van der Waals surface area contributed by atoms with Gasteiger partial charge in [0.1, 0.15) is 18.4 Å². The Morgan fingerprint density at radius 2 is 2.06 bits per heavy atom. The number of nitrogens with zero attached hydrogens (tertiary/aromatic N) is 3. The summed E-state index contributed by atoms with van der Waals surface area (Å²) in [5, 5.41) is 8.76. The number of halogens is 3. The molecule has 1 heterocycles. The van der Waals surface area contributed by atoms with Gasteiger partial charge in [-0.2, -0.15) is 18.4 Å². The van der Waals surface area contributed by atoms with Gasteiger partial charge in [0.2, 0.25) is 0 Å². The minimum absolute atomic E-state index is 0.0691. The number of alkyl halides is 3. The first-order valence-electron chi connectivity index (χ1n) is 5.24. The maximum atomic E-state index is 12.5. The zero-order valence-electron chi connectivity index (χ0n) is 9.99. The lowest BCUT2D eigenvalue weighted by atomic mass is 10.2. The lowest BCUT2D eigenvalue weighted by molar-refractivity contribution is -0.120. The van der Waals surface area contributed by atoms with Crippen molar-refractivity contribution in [2.45, 2.75) is 26.1 Å². The van der Waals surface area contributed by atoms with Crippen LogP contribution in [-0.4, -0.2) is 23.7 Å². The van der Waals surface area contributed by atoms with Crippen LogP contribution < -0.4 is 10.6 Å². The number of nitriles is 1. The molecule has 1 aromatic heterocycles. The van der Waals surface area contributed by atoms with Gasteiger partial charge < -0.3 is 10.6 Å². The fourth-order valence-electron chi connectivity index (χ4n) is 1.43. The molecule has 0 radical (unpaired) electrons. The predicted octanol–water partition coefficient (Wildman–Crippen LogP) is 2.31. The summed E-state index contributed by atoms with van der Waals surface area (Å²) in [6.45, 7) is 2.12. The average molecular weight is 258 g/mol. The zero-order valence-corrected chi connectivity index (χ0v) is 9.99. The Balaban J connectivity index is 3.11. The van der Waals surface area contributed by atoms with E-state index >= 15 is 0 Å². The largest absolute Gasteiger partial charge is 0.405 e. The first-order valence-corrected chi connectivity index (χ1v) is 5.24. The van der Waals surface area contributed by atoms with Gasteiger partial charge in [-0.3, -0.25) is 0 Å². The Hall–Kier alpha value is -1.97. The standard InChI is InChI=1S/C11H13F3N4/c1-7(2)18(6-11(12,13)14)10-4-3-8(16)9(5-15)17-10/h3-4,7H,6,16H2,1-2H3. The van der Waals surface area contributed by atoms with E-state index in [4.69, 9.17) is 11.0 Å². The monoisotopic (exact) mass is 258 g/mol. The molecular weight excluding hydrogens is 245 g/mol. The van der Waals surface area contributed by atoms with E-state index in [2.05, 4.69) is 4.98 Å². The number of aromatic nitrogens is 1. The van der Waals surface area contributed by atoms with Crippen LogP contribution in [0, 0.1) is 11.3 Å². The third kappa shape index (κ3) is 3.52. The average Bonchev–Trinajstić information content (AvgIpc) is 2.25. The molecule has 0 amide bonds. The molecule has 0 saturated heterocycles. The molecule has 0 aliphatic heterocycles. The van der Waals surface area contributed by atoms with Crippen molar-refractivity contribution in [3.05, 3.63) is 17.8 Å². The molecule has 7 heteroatoms. The Morgan fingerprint density at radius 1 is 1.44 bits per heavy atom. The number of pyridine rings is 1. The molecule has 0 unspecified atom stereocenters. The fraction of sp³-hybridized carbons (Fsp3) is 0.455. The van der Waals surface area contributed by atoms with E-state index in [0.29, 0.717) is 0 Å². The highest BCUT2D eigenvalue weighted by molar-refractivity contribution is 5.55. The van der Waals surface area contributed by atoms with Crippen LogP contribution in [0.1, 0.15) is 19.5 Å².